The van der Waals surface area contributed by atoms with Gasteiger partial charge in [0.25, 0.3) is 5.91 Å². The number of rotatable bonds is 5. The van der Waals surface area contributed by atoms with Crippen LogP contribution < -0.4 is 10.0 Å². The summed E-state index contributed by atoms with van der Waals surface area (Å²) in [5.74, 6) is 0.327. The summed E-state index contributed by atoms with van der Waals surface area (Å²) in [6.07, 6.45) is 0. The van der Waals surface area contributed by atoms with E-state index < -0.39 is 15.6 Å². The van der Waals surface area contributed by atoms with E-state index in [1.165, 1.54) is 12.1 Å². The SMILES string of the molecule is Cc1ccc(S(=O)(=O)NC(C)(C)C)cc1C(=O)NC(C)c1oc2ccccc2c1C. The van der Waals surface area contributed by atoms with Gasteiger partial charge in [0.15, 0.2) is 0 Å². The van der Waals surface area contributed by atoms with Crippen LogP contribution in [0.5, 0.6) is 0 Å². The Labute approximate surface area is 177 Å². The van der Waals surface area contributed by atoms with E-state index in [1.54, 1.807) is 33.8 Å². The number of sulfonamides is 1. The third kappa shape index (κ3) is 4.57. The highest BCUT2D eigenvalue weighted by molar-refractivity contribution is 7.89. The molecular formula is C23H28N2O4S. The maximum atomic E-state index is 13.0. The van der Waals surface area contributed by atoms with Crippen LogP contribution in [0.25, 0.3) is 11.0 Å². The van der Waals surface area contributed by atoms with Crippen molar-refractivity contribution in [3.05, 3.63) is 64.9 Å². The number of para-hydroxylation sites is 1. The van der Waals surface area contributed by atoms with E-state index in [-0.39, 0.29) is 16.8 Å². The van der Waals surface area contributed by atoms with Gasteiger partial charge in [0, 0.05) is 22.1 Å². The Morgan fingerprint density at radius 1 is 1.07 bits per heavy atom. The fourth-order valence-corrected chi connectivity index (χ4v) is 4.87. The molecule has 6 nitrogen and oxygen atoms in total. The minimum atomic E-state index is -3.74. The van der Waals surface area contributed by atoms with Crippen molar-refractivity contribution in [3.63, 3.8) is 0 Å². The second-order valence-corrected chi connectivity index (χ2v) is 10.3. The van der Waals surface area contributed by atoms with E-state index in [0.29, 0.717) is 16.9 Å². The van der Waals surface area contributed by atoms with Gasteiger partial charge in [-0.05, 0) is 65.3 Å². The average molecular weight is 429 g/mol. The highest BCUT2D eigenvalue weighted by Crippen LogP contribution is 2.29. The number of carbonyl (C=O) groups is 1. The zero-order valence-corrected chi connectivity index (χ0v) is 19.0. The van der Waals surface area contributed by atoms with Crippen LogP contribution in [0.15, 0.2) is 51.8 Å². The predicted octanol–water partition coefficient (Wildman–Crippen LogP) is 4.62. The lowest BCUT2D eigenvalue weighted by molar-refractivity contribution is 0.0934. The Balaban J connectivity index is 1.88. The van der Waals surface area contributed by atoms with Gasteiger partial charge in [-0.25, -0.2) is 13.1 Å². The first kappa shape index (κ1) is 22.1. The first-order valence-corrected chi connectivity index (χ1v) is 11.3. The van der Waals surface area contributed by atoms with Gasteiger partial charge in [0.05, 0.1) is 10.9 Å². The van der Waals surface area contributed by atoms with Crippen LogP contribution in [0.2, 0.25) is 0 Å². The van der Waals surface area contributed by atoms with Gasteiger partial charge >= 0.3 is 0 Å². The zero-order valence-electron chi connectivity index (χ0n) is 18.2. The molecule has 7 heteroatoms. The molecule has 1 amide bonds. The molecule has 0 aliphatic carbocycles. The van der Waals surface area contributed by atoms with Gasteiger partial charge < -0.3 is 9.73 Å². The van der Waals surface area contributed by atoms with Crippen LogP contribution in [0, 0.1) is 13.8 Å². The summed E-state index contributed by atoms with van der Waals surface area (Å²) in [7, 11) is -3.74. The largest absolute Gasteiger partial charge is 0.459 e. The van der Waals surface area contributed by atoms with Gasteiger partial charge in [0.2, 0.25) is 10.0 Å². The number of fused-ring (bicyclic) bond motifs is 1. The number of nitrogens with one attached hydrogen (secondary N) is 2. The first-order chi connectivity index (χ1) is 13.9. The molecule has 0 aliphatic rings. The van der Waals surface area contributed by atoms with Crippen molar-refractivity contribution < 1.29 is 17.6 Å². The molecule has 0 fully saturated rings. The Morgan fingerprint density at radius 3 is 2.37 bits per heavy atom. The molecule has 1 heterocycles. The maximum Gasteiger partial charge on any atom is 0.252 e. The molecular weight excluding hydrogens is 400 g/mol. The zero-order chi connectivity index (χ0) is 22.3. The van der Waals surface area contributed by atoms with Gasteiger partial charge in [-0.1, -0.05) is 24.3 Å². The maximum absolute atomic E-state index is 13.0. The molecule has 0 spiro atoms. The Bertz CT molecular complexity index is 1200. The van der Waals surface area contributed by atoms with Crippen LogP contribution in [0.4, 0.5) is 0 Å². The molecule has 1 atom stereocenters. The average Bonchev–Trinajstić information content (AvgIpc) is 2.97. The van der Waals surface area contributed by atoms with Crippen molar-refractivity contribution in [3.8, 4) is 0 Å². The highest BCUT2D eigenvalue weighted by Gasteiger charge is 2.25. The topological polar surface area (TPSA) is 88.4 Å². The van der Waals surface area contributed by atoms with Gasteiger partial charge in [0.1, 0.15) is 11.3 Å². The van der Waals surface area contributed by atoms with Gasteiger partial charge in [-0.2, -0.15) is 0 Å². The number of benzene rings is 2. The van der Waals surface area contributed by atoms with Crippen molar-refractivity contribution in [1.82, 2.24) is 10.0 Å². The van der Waals surface area contributed by atoms with Crippen molar-refractivity contribution in [1.29, 1.82) is 0 Å². The second-order valence-electron chi connectivity index (χ2n) is 8.61. The van der Waals surface area contributed by atoms with Crippen LogP contribution >= 0.6 is 0 Å². The molecule has 0 radical (unpaired) electrons. The first-order valence-electron chi connectivity index (χ1n) is 9.82. The monoisotopic (exact) mass is 428 g/mol. The fourth-order valence-electron chi connectivity index (χ4n) is 3.42. The van der Waals surface area contributed by atoms with Gasteiger partial charge in [-0.3, -0.25) is 4.79 Å². The van der Waals surface area contributed by atoms with E-state index in [9.17, 15) is 13.2 Å². The fraction of sp³-hybridized carbons (Fsp3) is 0.348. The Hall–Kier alpha value is -2.64. The summed E-state index contributed by atoms with van der Waals surface area (Å²) >= 11 is 0. The smallest absolute Gasteiger partial charge is 0.252 e. The lowest BCUT2D eigenvalue weighted by Crippen LogP contribution is -2.40. The minimum Gasteiger partial charge on any atom is -0.459 e. The second kappa shape index (κ2) is 7.89. The lowest BCUT2D eigenvalue weighted by atomic mass is 10.1. The molecule has 1 unspecified atom stereocenters. The molecule has 2 aromatic carbocycles. The number of amides is 1. The minimum absolute atomic E-state index is 0.0562. The lowest BCUT2D eigenvalue weighted by Gasteiger charge is -2.21. The Kier molecular flexibility index (Phi) is 5.80. The van der Waals surface area contributed by atoms with Crippen molar-refractivity contribution in [2.24, 2.45) is 0 Å². The van der Waals surface area contributed by atoms with E-state index >= 15 is 0 Å². The van der Waals surface area contributed by atoms with E-state index in [0.717, 1.165) is 16.5 Å². The number of aryl methyl sites for hydroxylation is 2. The van der Waals surface area contributed by atoms with E-state index in [1.807, 2.05) is 38.1 Å². The third-order valence-corrected chi connectivity index (χ3v) is 6.58. The van der Waals surface area contributed by atoms with Crippen molar-refractivity contribution in [2.75, 3.05) is 0 Å². The molecule has 0 bridgehead atoms. The quantitative estimate of drug-likeness (QED) is 0.621. The van der Waals surface area contributed by atoms with E-state index in [4.69, 9.17) is 4.42 Å². The van der Waals surface area contributed by atoms with Gasteiger partial charge in [-0.15, -0.1) is 0 Å². The highest BCUT2D eigenvalue weighted by atomic mass is 32.2. The molecule has 3 aromatic rings. The third-order valence-electron chi connectivity index (χ3n) is 4.83. The van der Waals surface area contributed by atoms with Crippen LogP contribution in [0.1, 0.15) is 61.0 Å². The summed E-state index contributed by atoms with van der Waals surface area (Å²) in [5.41, 5.74) is 2.12. The number of hydrogen-bond acceptors (Lipinski definition) is 4. The summed E-state index contributed by atoms with van der Waals surface area (Å²) in [6, 6.07) is 11.9. The molecule has 3 rings (SSSR count). The van der Waals surface area contributed by atoms with Crippen molar-refractivity contribution in [2.45, 2.75) is 58.0 Å². The molecule has 0 saturated heterocycles. The molecule has 0 saturated carbocycles. The molecule has 30 heavy (non-hydrogen) atoms. The normalized spacial score (nSPS) is 13.4. The summed E-state index contributed by atoms with van der Waals surface area (Å²) in [5, 5.41) is 3.94. The van der Waals surface area contributed by atoms with Crippen molar-refractivity contribution >= 4 is 26.9 Å². The standard InChI is InChI=1S/C23H28N2O4S/c1-14-11-12-17(30(27,28)25-23(4,5)6)13-19(14)22(26)24-16(3)21-15(2)18-9-7-8-10-20(18)29-21/h7-13,16,25H,1-6H3,(H,24,26). The number of carbonyl (C=O) groups excluding carboxylic acids is 1. The predicted molar refractivity (Wildman–Crippen MR) is 118 cm³/mol. The summed E-state index contributed by atoms with van der Waals surface area (Å²) in [4.78, 5) is 13.0. The molecule has 160 valence electrons. The molecule has 0 aliphatic heterocycles. The number of furan rings is 1. The summed E-state index contributed by atoms with van der Waals surface area (Å²) in [6.45, 7) is 10.9. The van der Waals surface area contributed by atoms with E-state index in [2.05, 4.69) is 10.0 Å². The Morgan fingerprint density at radius 2 is 1.73 bits per heavy atom. The van der Waals surface area contributed by atoms with Crippen LogP contribution in [-0.4, -0.2) is 19.9 Å². The van der Waals surface area contributed by atoms with Crippen LogP contribution in [-0.2, 0) is 10.0 Å². The molecule has 2 N–H and O–H groups in total. The van der Waals surface area contributed by atoms with Crippen LogP contribution in [0.3, 0.4) is 0 Å². The summed E-state index contributed by atoms with van der Waals surface area (Å²) < 4.78 is 33.9. The molecule has 1 aromatic heterocycles. The number of hydrogen-bond donors (Lipinski definition) is 2.